The third-order valence-electron chi connectivity index (χ3n) is 3.74. The Morgan fingerprint density at radius 2 is 1.71 bits per heavy atom. The molecule has 4 heteroatoms. The molecule has 0 heterocycles. The molecule has 0 radical (unpaired) electrons. The summed E-state index contributed by atoms with van der Waals surface area (Å²) in [5, 5.41) is 0. The van der Waals surface area contributed by atoms with Crippen LogP contribution in [-0.4, -0.2) is 18.0 Å². The van der Waals surface area contributed by atoms with Crippen molar-refractivity contribution in [1.82, 2.24) is 0 Å². The summed E-state index contributed by atoms with van der Waals surface area (Å²) in [6.07, 6.45) is 4.56. The minimum Gasteiger partial charge on any atom is -0.463 e. The summed E-state index contributed by atoms with van der Waals surface area (Å²) in [5.41, 5.74) is 0.737. The highest BCUT2D eigenvalue weighted by atomic mass is 16.5. The first-order chi connectivity index (χ1) is 11.5. The van der Waals surface area contributed by atoms with Crippen molar-refractivity contribution in [3.05, 3.63) is 29.8 Å². The van der Waals surface area contributed by atoms with Gasteiger partial charge in [0.15, 0.2) is 0 Å². The second kappa shape index (κ2) is 10.8. The van der Waals surface area contributed by atoms with Crippen LogP contribution < -0.4 is 4.74 Å². The van der Waals surface area contributed by atoms with Crippen molar-refractivity contribution in [3.8, 4) is 5.75 Å². The van der Waals surface area contributed by atoms with E-state index in [0.29, 0.717) is 18.6 Å². The zero-order valence-electron chi connectivity index (χ0n) is 15.3. The average molecular weight is 334 g/mol. The summed E-state index contributed by atoms with van der Waals surface area (Å²) in [7, 11) is 0. The fraction of sp³-hybridized carbons (Fsp3) is 0.600. The molecule has 0 saturated carbocycles. The van der Waals surface area contributed by atoms with E-state index in [9.17, 15) is 9.59 Å². The fourth-order valence-electron chi connectivity index (χ4n) is 2.48. The van der Waals surface area contributed by atoms with Crippen LogP contribution in [0.4, 0.5) is 0 Å². The summed E-state index contributed by atoms with van der Waals surface area (Å²) in [6.45, 7) is 7.79. The number of esters is 2. The number of ether oxygens (including phenoxy) is 2. The molecule has 0 bridgehead atoms. The topological polar surface area (TPSA) is 52.6 Å². The number of hydrogen-bond acceptors (Lipinski definition) is 4. The molecule has 134 valence electrons. The Morgan fingerprint density at radius 3 is 2.33 bits per heavy atom. The molecule has 1 rings (SSSR count). The quantitative estimate of drug-likeness (QED) is 0.446. The number of carbonyl (C=O) groups excluding carboxylic acids is 2. The fourth-order valence-corrected chi connectivity index (χ4v) is 2.48. The first-order valence-electron chi connectivity index (χ1n) is 8.99. The predicted octanol–water partition coefficient (Wildman–Crippen LogP) is 5.01. The standard InChI is InChI=1S/C20H30O4/c1-5-7-11-17(20(22)23-15(3)4)16-12-9-10-13-18(16)24-19(21)14-8-6-2/h9-10,12-13,15,17H,5-8,11,14H2,1-4H3. The van der Waals surface area contributed by atoms with Gasteiger partial charge in [-0.05, 0) is 32.8 Å². The molecule has 1 aromatic carbocycles. The van der Waals surface area contributed by atoms with E-state index in [-0.39, 0.29) is 18.0 Å². The largest absolute Gasteiger partial charge is 0.463 e. The maximum absolute atomic E-state index is 12.5. The molecule has 4 nitrogen and oxygen atoms in total. The summed E-state index contributed by atoms with van der Waals surface area (Å²) in [4.78, 5) is 24.5. The average Bonchev–Trinajstić information content (AvgIpc) is 2.54. The lowest BCUT2D eigenvalue weighted by atomic mass is 9.93. The maximum atomic E-state index is 12.5. The Bertz CT molecular complexity index is 522. The minimum atomic E-state index is -0.400. The number of unbranched alkanes of at least 4 members (excludes halogenated alkanes) is 2. The van der Waals surface area contributed by atoms with Gasteiger partial charge in [-0.3, -0.25) is 9.59 Å². The molecule has 0 aliphatic heterocycles. The van der Waals surface area contributed by atoms with Crippen LogP contribution in [-0.2, 0) is 14.3 Å². The van der Waals surface area contributed by atoms with Gasteiger partial charge in [0.25, 0.3) is 0 Å². The normalized spacial score (nSPS) is 12.0. The molecule has 1 atom stereocenters. The molecular formula is C20H30O4. The highest BCUT2D eigenvalue weighted by molar-refractivity contribution is 5.80. The van der Waals surface area contributed by atoms with Gasteiger partial charge < -0.3 is 9.47 Å². The molecule has 0 spiro atoms. The van der Waals surface area contributed by atoms with Crippen molar-refractivity contribution in [2.24, 2.45) is 0 Å². The Balaban J connectivity index is 3.00. The number of carbonyl (C=O) groups is 2. The summed E-state index contributed by atoms with van der Waals surface area (Å²) >= 11 is 0. The monoisotopic (exact) mass is 334 g/mol. The third-order valence-corrected chi connectivity index (χ3v) is 3.74. The van der Waals surface area contributed by atoms with E-state index in [1.807, 2.05) is 39.0 Å². The van der Waals surface area contributed by atoms with Crippen LogP contribution >= 0.6 is 0 Å². The lowest BCUT2D eigenvalue weighted by Gasteiger charge is -2.20. The van der Waals surface area contributed by atoms with Crippen molar-refractivity contribution >= 4 is 11.9 Å². The molecule has 0 fully saturated rings. The van der Waals surface area contributed by atoms with Crippen molar-refractivity contribution in [1.29, 1.82) is 0 Å². The Hall–Kier alpha value is -1.84. The molecular weight excluding hydrogens is 304 g/mol. The van der Waals surface area contributed by atoms with Gasteiger partial charge in [0.2, 0.25) is 0 Å². The van der Waals surface area contributed by atoms with E-state index in [1.54, 1.807) is 6.07 Å². The number of hydrogen-bond donors (Lipinski definition) is 0. The molecule has 0 N–H and O–H groups in total. The highest BCUT2D eigenvalue weighted by Gasteiger charge is 2.26. The molecule has 1 unspecified atom stereocenters. The van der Waals surface area contributed by atoms with E-state index >= 15 is 0 Å². The molecule has 0 amide bonds. The van der Waals surface area contributed by atoms with Crippen molar-refractivity contribution < 1.29 is 19.1 Å². The Kier molecular flexibility index (Phi) is 9.13. The van der Waals surface area contributed by atoms with Gasteiger partial charge in [-0.2, -0.15) is 0 Å². The van der Waals surface area contributed by atoms with Gasteiger partial charge in [0.05, 0.1) is 12.0 Å². The van der Waals surface area contributed by atoms with Crippen LogP contribution in [0.5, 0.6) is 5.75 Å². The third kappa shape index (κ3) is 6.73. The van der Waals surface area contributed by atoms with Crippen LogP contribution in [0, 0.1) is 0 Å². The first kappa shape index (κ1) is 20.2. The SMILES string of the molecule is CCCCC(=O)Oc1ccccc1C(CCCC)C(=O)OC(C)C. The van der Waals surface area contributed by atoms with E-state index < -0.39 is 5.92 Å². The van der Waals surface area contributed by atoms with E-state index in [2.05, 4.69) is 6.92 Å². The summed E-state index contributed by atoms with van der Waals surface area (Å²) < 4.78 is 10.9. The molecule has 0 aromatic heterocycles. The van der Waals surface area contributed by atoms with E-state index in [4.69, 9.17) is 9.47 Å². The summed E-state index contributed by atoms with van der Waals surface area (Å²) in [6, 6.07) is 7.28. The lowest BCUT2D eigenvalue weighted by Crippen LogP contribution is -2.21. The smallest absolute Gasteiger partial charge is 0.313 e. The van der Waals surface area contributed by atoms with Crippen LogP contribution in [0.2, 0.25) is 0 Å². The molecule has 0 aliphatic carbocycles. The molecule has 0 aliphatic rings. The van der Waals surface area contributed by atoms with Crippen molar-refractivity contribution in [3.63, 3.8) is 0 Å². The van der Waals surface area contributed by atoms with Crippen LogP contribution in [0.15, 0.2) is 24.3 Å². The van der Waals surface area contributed by atoms with Gasteiger partial charge in [-0.1, -0.05) is 51.3 Å². The zero-order chi connectivity index (χ0) is 17.9. The molecule has 0 saturated heterocycles. The van der Waals surface area contributed by atoms with Gasteiger partial charge in [-0.15, -0.1) is 0 Å². The van der Waals surface area contributed by atoms with Crippen LogP contribution in [0.3, 0.4) is 0 Å². The van der Waals surface area contributed by atoms with Gasteiger partial charge in [0.1, 0.15) is 5.75 Å². The number of benzene rings is 1. The number of rotatable bonds is 10. The second-order valence-corrected chi connectivity index (χ2v) is 6.30. The zero-order valence-corrected chi connectivity index (χ0v) is 15.3. The van der Waals surface area contributed by atoms with Gasteiger partial charge in [0, 0.05) is 12.0 Å². The van der Waals surface area contributed by atoms with Gasteiger partial charge in [-0.25, -0.2) is 0 Å². The molecule has 1 aromatic rings. The maximum Gasteiger partial charge on any atom is 0.313 e. The Morgan fingerprint density at radius 1 is 1.04 bits per heavy atom. The first-order valence-corrected chi connectivity index (χ1v) is 8.99. The molecule has 24 heavy (non-hydrogen) atoms. The highest BCUT2D eigenvalue weighted by Crippen LogP contribution is 2.32. The minimum absolute atomic E-state index is 0.166. The van der Waals surface area contributed by atoms with Crippen LogP contribution in [0.1, 0.15) is 77.7 Å². The second-order valence-electron chi connectivity index (χ2n) is 6.30. The van der Waals surface area contributed by atoms with E-state index in [0.717, 1.165) is 31.2 Å². The van der Waals surface area contributed by atoms with Crippen molar-refractivity contribution in [2.45, 2.75) is 78.2 Å². The van der Waals surface area contributed by atoms with Crippen molar-refractivity contribution in [2.75, 3.05) is 0 Å². The number of para-hydroxylation sites is 1. The van der Waals surface area contributed by atoms with Gasteiger partial charge >= 0.3 is 11.9 Å². The summed E-state index contributed by atoms with van der Waals surface area (Å²) in [5.74, 6) is -0.436. The predicted molar refractivity (Wildman–Crippen MR) is 95.1 cm³/mol. The Labute approximate surface area is 145 Å². The van der Waals surface area contributed by atoms with Crippen LogP contribution in [0.25, 0.3) is 0 Å². The van der Waals surface area contributed by atoms with E-state index in [1.165, 1.54) is 0 Å². The lowest BCUT2D eigenvalue weighted by molar-refractivity contribution is -0.149.